The predicted molar refractivity (Wildman–Crippen MR) is 304 cm³/mol. The van der Waals surface area contributed by atoms with Crippen molar-refractivity contribution in [3.8, 4) is 33.9 Å². The summed E-state index contributed by atoms with van der Waals surface area (Å²) >= 11 is 5.53. The van der Waals surface area contributed by atoms with Crippen LogP contribution in [0.5, 0.6) is 11.5 Å². The number of aromatic nitrogens is 2. The Labute approximate surface area is 435 Å². The fraction of sp³-hybridized carbons (Fsp3) is 0.258. The highest BCUT2D eigenvalue weighted by Gasteiger charge is 2.34. The molecule has 0 atom stereocenters. The average molecular weight is 1010 g/mol. The Balaban J connectivity index is 0.000000130. The van der Waals surface area contributed by atoms with Gasteiger partial charge in [0, 0.05) is 45.0 Å². The van der Waals surface area contributed by atoms with Crippen molar-refractivity contribution in [1.82, 2.24) is 9.97 Å². The number of methoxy groups -OCH3 is 2. The maximum atomic E-state index is 9.24. The molecule has 73 heavy (non-hydrogen) atoms. The predicted octanol–water partition coefficient (Wildman–Crippen LogP) is 15.4. The van der Waals surface area contributed by atoms with Gasteiger partial charge in [-0.15, -0.1) is 0 Å². The largest absolute Gasteiger partial charge is 0.496 e. The zero-order valence-corrected chi connectivity index (χ0v) is 43.8. The highest BCUT2D eigenvalue weighted by Crippen LogP contribution is 2.57. The van der Waals surface area contributed by atoms with Crippen LogP contribution in [0.3, 0.4) is 0 Å². The summed E-state index contributed by atoms with van der Waals surface area (Å²) in [6.45, 7) is 4.05. The van der Waals surface area contributed by atoms with E-state index in [0.717, 1.165) is 83.5 Å². The lowest BCUT2D eigenvalue weighted by atomic mass is 9.79. The number of nitrogens with zero attached hydrogens (tertiary/aromatic N) is 2. The lowest BCUT2D eigenvalue weighted by Crippen LogP contribution is -2.29. The van der Waals surface area contributed by atoms with E-state index in [1.54, 1.807) is 37.9 Å². The number of hydrogen-bond acceptors (Lipinski definition) is 8. The Morgan fingerprint density at radius 1 is 0.534 bits per heavy atom. The second-order valence-corrected chi connectivity index (χ2v) is 22.0. The first-order valence-corrected chi connectivity index (χ1v) is 27.3. The van der Waals surface area contributed by atoms with Gasteiger partial charge in [0.1, 0.15) is 39.0 Å². The smallest absolute Gasteiger partial charge is 0.492 e. The van der Waals surface area contributed by atoms with Gasteiger partial charge in [0.25, 0.3) is 0 Å². The third-order valence-electron chi connectivity index (χ3n) is 14.0. The number of para-hydroxylation sites is 4. The summed E-state index contributed by atoms with van der Waals surface area (Å²) in [4.78, 5) is 8.28. The Hall–Kier alpha value is -6.48. The molecule has 0 radical (unpaired) electrons. The van der Waals surface area contributed by atoms with Gasteiger partial charge in [-0.3, -0.25) is 4.98 Å². The van der Waals surface area contributed by atoms with Gasteiger partial charge in [-0.1, -0.05) is 155 Å². The molecular formula is C62H63BClN2O6P. The first-order valence-electron chi connectivity index (χ1n) is 25.5. The number of fused-ring (bicyclic) bond motifs is 6. The Bertz CT molecular complexity index is 3360. The quantitative estimate of drug-likeness (QED) is 0.0880. The number of furan rings is 2. The molecule has 0 amide bonds. The first kappa shape index (κ1) is 51.4. The van der Waals surface area contributed by atoms with E-state index in [-0.39, 0.29) is 7.92 Å². The SMILES string of the molecule is COc1cccc(OC)c1-c1ccccc1P(C1CCCCC1)C1CCCCC1.Cc1ccnc(-c2cccc3c2oc2ccccc23)c1.Cc1ccnc(Cl)c1.OB(O)c1cccc2c1oc1ccccc12. The third-order valence-corrected chi connectivity index (χ3v) is 17.8. The van der Waals surface area contributed by atoms with Crippen LogP contribution in [0, 0.1) is 13.8 Å². The molecule has 0 aliphatic heterocycles. The number of benzene rings is 6. The fourth-order valence-electron chi connectivity index (χ4n) is 10.5. The summed E-state index contributed by atoms with van der Waals surface area (Å²) in [7, 11) is 1.85. The fourth-order valence-corrected chi connectivity index (χ4v) is 14.7. The van der Waals surface area contributed by atoms with Crippen molar-refractivity contribution in [3.05, 3.63) is 180 Å². The number of halogens is 1. The standard InChI is InChI=1S/C26H35O2P.C18H13NO.C12H9BO3.C6H6ClN/c1-27-23-17-11-18-24(28-2)26(23)22-16-9-10-19-25(22)29(20-12-5-3-6-13-20)21-14-7-4-8-15-21;1-12-9-10-19-16(11-12)15-7-4-6-14-13-5-2-3-8-17(13)20-18(14)15;14-13(15)10-6-3-5-9-8-4-1-2-7-11(8)16-12(9)10;1-5-2-3-8-6(7)4-5/h9-11,16-21H,3-8,12-15H2,1-2H3;2-11H,1H3;1-7,14-15H;2-4H,1H3. The van der Waals surface area contributed by atoms with Gasteiger partial charge >= 0.3 is 7.12 Å². The van der Waals surface area contributed by atoms with Gasteiger partial charge in [-0.05, 0) is 127 Å². The minimum absolute atomic E-state index is 0.182. The van der Waals surface area contributed by atoms with Crippen LogP contribution in [-0.4, -0.2) is 52.7 Å². The highest BCUT2D eigenvalue weighted by molar-refractivity contribution is 7.67. The van der Waals surface area contributed by atoms with Crippen LogP contribution in [0.25, 0.3) is 66.3 Å². The second-order valence-electron chi connectivity index (χ2n) is 18.9. The molecular weight excluding hydrogens is 946 g/mol. The summed E-state index contributed by atoms with van der Waals surface area (Å²) in [6.07, 6.45) is 17.7. The van der Waals surface area contributed by atoms with Crippen LogP contribution in [-0.2, 0) is 0 Å². The minimum atomic E-state index is -1.51. The molecule has 2 saturated carbocycles. The van der Waals surface area contributed by atoms with Crippen LogP contribution >= 0.6 is 19.5 Å². The summed E-state index contributed by atoms with van der Waals surface area (Å²) in [6, 6.07) is 50.5. The molecule has 2 aliphatic carbocycles. The molecule has 0 saturated heterocycles. The number of hydrogen-bond donors (Lipinski definition) is 2. The van der Waals surface area contributed by atoms with Crippen molar-refractivity contribution in [3.63, 3.8) is 0 Å². The van der Waals surface area contributed by atoms with Crippen molar-refractivity contribution >= 4 is 81.3 Å². The Morgan fingerprint density at radius 2 is 1.03 bits per heavy atom. The number of aryl methyl sites for hydroxylation is 2. The second kappa shape index (κ2) is 24.5. The zero-order valence-electron chi connectivity index (χ0n) is 42.1. The van der Waals surface area contributed by atoms with E-state index in [2.05, 4.69) is 83.6 Å². The molecule has 12 rings (SSSR count). The molecule has 0 bridgehead atoms. The Kier molecular flexibility index (Phi) is 17.3. The van der Waals surface area contributed by atoms with Crippen LogP contribution in [0.2, 0.25) is 5.15 Å². The van der Waals surface area contributed by atoms with E-state index in [4.69, 9.17) is 29.9 Å². The molecule has 4 aromatic heterocycles. The van der Waals surface area contributed by atoms with Gasteiger partial charge in [-0.25, -0.2) is 4.98 Å². The summed E-state index contributed by atoms with van der Waals surface area (Å²) in [5, 5.41) is 24.8. The molecule has 6 aromatic carbocycles. The van der Waals surface area contributed by atoms with Crippen molar-refractivity contribution in [2.75, 3.05) is 14.2 Å². The van der Waals surface area contributed by atoms with Gasteiger partial charge in [-0.2, -0.15) is 0 Å². The third kappa shape index (κ3) is 12.0. The van der Waals surface area contributed by atoms with E-state index >= 15 is 0 Å². The van der Waals surface area contributed by atoms with Crippen LogP contribution in [0.15, 0.2) is 173 Å². The van der Waals surface area contributed by atoms with Crippen molar-refractivity contribution in [2.24, 2.45) is 0 Å². The topological polar surface area (TPSA) is 111 Å². The summed E-state index contributed by atoms with van der Waals surface area (Å²) in [5.74, 6) is 1.83. The summed E-state index contributed by atoms with van der Waals surface area (Å²) in [5.41, 5.74) is 12.1. The number of ether oxygens (including phenoxy) is 2. The number of pyridine rings is 2. The molecule has 0 spiro atoms. The minimum Gasteiger partial charge on any atom is -0.496 e. The van der Waals surface area contributed by atoms with Crippen molar-refractivity contribution < 1.29 is 28.4 Å². The molecule has 372 valence electrons. The highest BCUT2D eigenvalue weighted by atomic mass is 35.5. The van der Waals surface area contributed by atoms with Gasteiger partial charge in [0.2, 0.25) is 0 Å². The van der Waals surface area contributed by atoms with E-state index < -0.39 is 7.12 Å². The molecule has 10 aromatic rings. The Morgan fingerprint density at radius 3 is 1.59 bits per heavy atom. The molecule has 2 fully saturated rings. The monoisotopic (exact) mass is 1010 g/mol. The van der Waals surface area contributed by atoms with E-state index in [9.17, 15) is 10.0 Å². The molecule has 2 N–H and O–H groups in total. The maximum absolute atomic E-state index is 9.24. The van der Waals surface area contributed by atoms with Gasteiger partial charge in [0.05, 0.1) is 25.5 Å². The van der Waals surface area contributed by atoms with Crippen molar-refractivity contribution in [1.29, 1.82) is 0 Å². The van der Waals surface area contributed by atoms with E-state index in [1.807, 2.05) is 85.9 Å². The van der Waals surface area contributed by atoms with Gasteiger partial charge in [0.15, 0.2) is 0 Å². The van der Waals surface area contributed by atoms with Crippen LogP contribution in [0.1, 0.15) is 75.3 Å². The number of rotatable bonds is 8. The first-order chi connectivity index (χ1) is 35.7. The molecule has 2 aliphatic rings. The molecule has 0 unspecified atom stereocenters. The molecule has 8 nitrogen and oxygen atoms in total. The van der Waals surface area contributed by atoms with Gasteiger partial charge < -0.3 is 28.4 Å². The van der Waals surface area contributed by atoms with Crippen LogP contribution < -0.4 is 20.2 Å². The zero-order chi connectivity index (χ0) is 50.7. The maximum Gasteiger partial charge on any atom is 0.492 e. The van der Waals surface area contributed by atoms with E-state index in [0.29, 0.717) is 16.2 Å². The lowest BCUT2D eigenvalue weighted by Gasteiger charge is -2.39. The van der Waals surface area contributed by atoms with E-state index in [1.165, 1.54) is 75.3 Å². The lowest BCUT2D eigenvalue weighted by molar-refractivity contribution is 0.397. The average Bonchev–Trinajstić information content (AvgIpc) is 4.01. The van der Waals surface area contributed by atoms with Crippen molar-refractivity contribution in [2.45, 2.75) is 89.4 Å². The molecule has 11 heteroatoms. The normalized spacial score (nSPS) is 14.0. The molecule has 4 heterocycles. The van der Waals surface area contributed by atoms with Crippen LogP contribution in [0.4, 0.5) is 0 Å². The summed E-state index contributed by atoms with van der Waals surface area (Å²) < 4.78 is 23.3.